The van der Waals surface area contributed by atoms with E-state index in [4.69, 9.17) is 4.52 Å². The highest BCUT2D eigenvalue weighted by Crippen LogP contribution is 2.24. The minimum Gasteiger partial charge on any atom is -0.361 e. The molecule has 1 N–H and O–H groups in total. The topological polar surface area (TPSA) is 58.4 Å². The number of piperazine rings is 1. The summed E-state index contributed by atoms with van der Waals surface area (Å²) in [5.41, 5.74) is 1.06. The smallest absolute Gasteiger partial charge is 0.276 e. The van der Waals surface area contributed by atoms with Crippen LogP contribution in [-0.4, -0.2) is 35.6 Å². The van der Waals surface area contributed by atoms with Crippen LogP contribution in [0.15, 0.2) is 34.9 Å². The fourth-order valence-electron chi connectivity index (χ4n) is 2.57. The molecule has 1 fully saturated rings. The summed E-state index contributed by atoms with van der Waals surface area (Å²) in [6, 6.07) is 7.75. The molecule has 1 atom stereocenters. The monoisotopic (exact) mass is 289 g/mol. The molecule has 110 valence electrons. The molecule has 1 amide bonds. The number of rotatable bonds is 2. The number of hydrogen-bond acceptors (Lipinski definition) is 4. The molecule has 3 rings (SSSR count). The molecule has 0 aliphatic carbocycles. The van der Waals surface area contributed by atoms with Gasteiger partial charge in [0.05, 0.1) is 6.04 Å². The van der Waals surface area contributed by atoms with Gasteiger partial charge in [-0.2, -0.15) is 0 Å². The van der Waals surface area contributed by atoms with Gasteiger partial charge in [0.1, 0.15) is 11.6 Å². The summed E-state index contributed by atoms with van der Waals surface area (Å²) in [7, 11) is 0. The number of hydrogen-bond donors (Lipinski definition) is 1. The zero-order valence-electron chi connectivity index (χ0n) is 11.7. The summed E-state index contributed by atoms with van der Waals surface area (Å²) in [4.78, 5) is 14.3. The Hall–Kier alpha value is -2.21. The van der Waals surface area contributed by atoms with E-state index in [9.17, 15) is 9.18 Å². The van der Waals surface area contributed by atoms with E-state index in [1.54, 1.807) is 24.0 Å². The number of nitrogens with one attached hydrogen (secondary N) is 1. The second-order valence-corrected chi connectivity index (χ2v) is 5.10. The Labute approximate surface area is 121 Å². The molecule has 0 spiro atoms. The van der Waals surface area contributed by atoms with Crippen molar-refractivity contribution in [2.45, 2.75) is 13.0 Å². The third-order valence-corrected chi connectivity index (χ3v) is 3.58. The Morgan fingerprint density at radius 3 is 3.05 bits per heavy atom. The highest BCUT2D eigenvalue weighted by Gasteiger charge is 2.30. The Kier molecular flexibility index (Phi) is 3.70. The summed E-state index contributed by atoms with van der Waals surface area (Å²) in [6.07, 6.45) is 0. The molecule has 1 unspecified atom stereocenters. The second kappa shape index (κ2) is 5.65. The van der Waals surface area contributed by atoms with Gasteiger partial charge in [0.2, 0.25) is 0 Å². The number of carbonyl (C=O) groups is 1. The fourth-order valence-corrected chi connectivity index (χ4v) is 2.57. The average Bonchev–Trinajstić information content (AvgIpc) is 2.93. The van der Waals surface area contributed by atoms with Crippen molar-refractivity contribution in [3.8, 4) is 0 Å². The first-order valence-corrected chi connectivity index (χ1v) is 6.85. The van der Waals surface area contributed by atoms with Crippen LogP contribution >= 0.6 is 0 Å². The molecule has 5 nitrogen and oxygen atoms in total. The van der Waals surface area contributed by atoms with Crippen molar-refractivity contribution in [3.63, 3.8) is 0 Å². The van der Waals surface area contributed by atoms with Crippen LogP contribution in [0.4, 0.5) is 4.39 Å². The SMILES string of the molecule is Cc1cc(C(=O)N2CCNCC2c2cccc(F)c2)no1. The summed E-state index contributed by atoms with van der Waals surface area (Å²) in [5, 5.41) is 7.01. The summed E-state index contributed by atoms with van der Waals surface area (Å²) >= 11 is 0. The molecular formula is C15H16FN3O2. The van der Waals surface area contributed by atoms with E-state index in [1.165, 1.54) is 12.1 Å². The van der Waals surface area contributed by atoms with Gasteiger partial charge in [-0.05, 0) is 24.6 Å². The van der Waals surface area contributed by atoms with Crippen LogP contribution < -0.4 is 5.32 Å². The van der Waals surface area contributed by atoms with Gasteiger partial charge in [-0.3, -0.25) is 4.79 Å². The molecule has 2 heterocycles. The highest BCUT2D eigenvalue weighted by molar-refractivity contribution is 5.92. The standard InChI is InChI=1S/C15H16FN3O2/c1-10-7-13(18-21-10)15(20)19-6-5-17-9-14(19)11-3-2-4-12(16)8-11/h2-4,7-8,14,17H,5-6,9H2,1H3. The highest BCUT2D eigenvalue weighted by atomic mass is 19.1. The fraction of sp³-hybridized carbons (Fsp3) is 0.333. The maximum Gasteiger partial charge on any atom is 0.276 e. The lowest BCUT2D eigenvalue weighted by Crippen LogP contribution is -2.48. The van der Waals surface area contributed by atoms with Gasteiger partial charge in [-0.25, -0.2) is 4.39 Å². The lowest BCUT2D eigenvalue weighted by atomic mass is 10.0. The lowest BCUT2D eigenvalue weighted by molar-refractivity contribution is 0.0623. The van der Waals surface area contributed by atoms with Crippen molar-refractivity contribution in [1.29, 1.82) is 0 Å². The Balaban J connectivity index is 1.89. The zero-order chi connectivity index (χ0) is 14.8. The maximum atomic E-state index is 13.4. The van der Waals surface area contributed by atoms with Crippen LogP contribution in [0.1, 0.15) is 27.9 Å². The predicted octanol–water partition coefficient (Wildman–Crippen LogP) is 1.91. The van der Waals surface area contributed by atoms with Gasteiger partial charge in [-0.15, -0.1) is 0 Å². The van der Waals surface area contributed by atoms with E-state index >= 15 is 0 Å². The van der Waals surface area contributed by atoms with Crippen molar-refractivity contribution in [2.24, 2.45) is 0 Å². The number of carbonyl (C=O) groups excluding carboxylic acids is 1. The molecule has 1 aliphatic heterocycles. The number of halogens is 1. The first-order chi connectivity index (χ1) is 10.1. The number of nitrogens with zero attached hydrogens (tertiary/aromatic N) is 2. The van der Waals surface area contributed by atoms with Crippen LogP contribution in [0.2, 0.25) is 0 Å². The molecule has 1 aliphatic rings. The van der Waals surface area contributed by atoms with E-state index in [-0.39, 0.29) is 23.5 Å². The van der Waals surface area contributed by atoms with E-state index in [1.807, 2.05) is 6.07 Å². The van der Waals surface area contributed by atoms with Crippen molar-refractivity contribution in [1.82, 2.24) is 15.4 Å². The largest absolute Gasteiger partial charge is 0.361 e. The minimum atomic E-state index is -0.303. The van der Waals surface area contributed by atoms with Gasteiger partial charge in [-0.1, -0.05) is 17.3 Å². The maximum absolute atomic E-state index is 13.4. The molecule has 0 radical (unpaired) electrons. The summed E-state index contributed by atoms with van der Waals surface area (Å²) in [6.45, 7) is 3.58. The van der Waals surface area contributed by atoms with E-state index in [0.29, 0.717) is 25.4 Å². The van der Waals surface area contributed by atoms with Gasteiger partial charge in [0, 0.05) is 25.7 Å². The van der Waals surface area contributed by atoms with Gasteiger partial charge in [0.25, 0.3) is 5.91 Å². The number of benzene rings is 1. The molecule has 2 aromatic rings. The zero-order valence-corrected chi connectivity index (χ0v) is 11.7. The number of amides is 1. The van der Waals surface area contributed by atoms with Crippen LogP contribution in [0.25, 0.3) is 0 Å². The quantitative estimate of drug-likeness (QED) is 0.917. The summed E-state index contributed by atoms with van der Waals surface area (Å²) < 4.78 is 18.4. The van der Waals surface area contributed by atoms with E-state index in [0.717, 1.165) is 5.56 Å². The Morgan fingerprint density at radius 2 is 2.33 bits per heavy atom. The molecule has 21 heavy (non-hydrogen) atoms. The molecule has 1 aromatic heterocycles. The van der Waals surface area contributed by atoms with Crippen LogP contribution in [-0.2, 0) is 0 Å². The first-order valence-electron chi connectivity index (χ1n) is 6.85. The molecule has 6 heteroatoms. The van der Waals surface area contributed by atoms with Crippen molar-refractivity contribution in [3.05, 3.63) is 53.2 Å². The molecular weight excluding hydrogens is 273 g/mol. The molecule has 1 aromatic carbocycles. The third-order valence-electron chi connectivity index (χ3n) is 3.58. The second-order valence-electron chi connectivity index (χ2n) is 5.10. The Morgan fingerprint density at radius 1 is 1.48 bits per heavy atom. The minimum absolute atomic E-state index is 0.192. The van der Waals surface area contributed by atoms with Crippen LogP contribution in [0, 0.1) is 12.7 Å². The third kappa shape index (κ3) is 2.80. The van der Waals surface area contributed by atoms with Gasteiger partial charge >= 0.3 is 0 Å². The van der Waals surface area contributed by atoms with E-state index in [2.05, 4.69) is 10.5 Å². The van der Waals surface area contributed by atoms with Crippen LogP contribution in [0.3, 0.4) is 0 Å². The van der Waals surface area contributed by atoms with Gasteiger partial charge in [0.15, 0.2) is 5.69 Å². The predicted molar refractivity (Wildman–Crippen MR) is 74.3 cm³/mol. The van der Waals surface area contributed by atoms with Crippen molar-refractivity contribution in [2.75, 3.05) is 19.6 Å². The normalized spacial score (nSPS) is 18.8. The Bertz CT molecular complexity index is 656. The number of aryl methyl sites for hydroxylation is 1. The van der Waals surface area contributed by atoms with Crippen molar-refractivity contribution >= 4 is 5.91 Å². The van der Waals surface area contributed by atoms with Crippen molar-refractivity contribution < 1.29 is 13.7 Å². The lowest BCUT2D eigenvalue weighted by Gasteiger charge is -2.36. The van der Waals surface area contributed by atoms with E-state index < -0.39 is 0 Å². The molecule has 0 saturated carbocycles. The molecule has 0 bridgehead atoms. The number of aromatic nitrogens is 1. The van der Waals surface area contributed by atoms with Crippen LogP contribution in [0.5, 0.6) is 0 Å². The summed E-state index contributed by atoms with van der Waals surface area (Å²) in [5.74, 6) is 0.0983. The first kappa shape index (κ1) is 13.8. The van der Waals surface area contributed by atoms with Gasteiger partial charge < -0.3 is 14.7 Å². The molecule has 1 saturated heterocycles. The average molecular weight is 289 g/mol.